The van der Waals surface area contributed by atoms with Crippen LogP contribution in [0.5, 0.6) is 0 Å². The second-order valence-electron chi connectivity index (χ2n) is 5.22. The van der Waals surface area contributed by atoms with Crippen molar-refractivity contribution in [3.63, 3.8) is 0 Å². The number of rotatable bonds is 5. The minimum atomic E-state index is -3.14. The highest BCUT2D eigenvalue weighted by atomic mass is 32.2. The first kappa shape index (κ1) is 15.9. The molecule has 116 valence electrons. The first-order valence-electron chi connectivity index (χ1n) is 6.78. The lowest BCUT2D eigenvalue weighted by atomic mass is 10.1. The molecule has 0 bridgehead atoms. The van der Waals surface area contributed by atoms with E-state index < -0.39 is 28.6 Å². The number of amides is 1. The number of carbonyl (C=O) groups excluding carboxylic acids is 1. The zero-order chi connectivity index (χ0) is 15.5. The van der Waals surface area contributed by atoms with Crippen LogP contribution < -0.4 is 0 Å². The van der Waals surface area contributed by atoms with Crippen LogP contribution in [0.3, 0.4) is 0 Å². The molecule has 1 aliphatic rings. The van der Waals surface area contributed by atoms with Gasteiger partial charge in [-0.05, 0) is 18.6 Å². The van der Waals surface area contributed by atoms with Gasteiger partial charge in [-0.3, -0.25) is 4.79 Å². The van der Waals surface area contributed by atoms with Gasteiger partial charge >= 0.3 is 0 Å². The maximum atomic E-state index is 12.5. The summed E-state index contributed by atoms with van der Waals surface area (Å²) >= 11 is 0. The van der Waals surface area contributed by atoms with E-state index in [0.29, 0.717) is 12.0 Å². The topological polar surface area (TPSA) is 94.9 Å². The van der Waals surface area contributed by atoms with E-state index in [2.05, 4.69) is 0 Å². The standard InChI is InChI=1S/C14H19NO5S/c16-9-13(17)8-15(12-6-7-21(19,20)10-12)14(18)11-4-2-1-3-5-11/h1-5,12-13,16-17H,6-10H2/t12-,13+/m1/s1. The molecule has 1 saturated heterocycles. The van der Waals surface area contributed by atoms with E-state index in [0.717, 1.165) is 0 Å². The number of nitrogens with zero attached hydrogens (tertiary/aromatic N) is 1. The van der Waals surface area contributed by atoms with Gasteiger partial charge in [-0.25, -0.2) is 8.42 Å². The summed E-state index contributed by atoms with van der Waals surface area (Å²) in [5, 5.41) is 18.6. The third-order valence-electron chi connectivity index (χ3n) is 3.55. The molecule has 6 nitrogen and oxygen atoms in total. The van der Waals surface area contributed by atoms with Gasteiger partial charge in [0.05, 0.1) is 24.2 Å². The smallest absolute Gasteiger partial charge is 0.254 e. The van der Waals surface area contributed by atoms with E-state index in [-0.39, 0.29) is 24.0 Å². The molecule has 0 unspecified atom stereocenters. The van der Waals surface area contributed by atoms with Crippen molar-refractivity contribution in [1.29, 1.82) is 0 Å². The van der Waals surface area contributed by atoms with Gasteiger partial charge in [-0.2, -0.15) is 0 Å². The van der Waals surface area contributed by atoms with Crippen molar-refractivity contribution in [1.82, 2.24) is 4.90 Å². The number of benzene rings is 1. The maximum absolute atomic E-state index is 12.5. The summed E-state index contributed by atoms with van der Waals surface area (Å²) in [7, 11) is -3.14. The molecule has 21 heavy (non-hydrogen) atoms. The molecule has 1 heterocycles. The number of aliphatic hydroxyl groups excluding tert-OH is 2. The van der Waals surface area contributed by atoms with Gasteiger partial charge in [-0.1, -0.05) is 18.2 Å². The van der Waals surface area contributed by atoms with Crippen LogP contribution in [0.1, 0.15) is 16.8 Å². The molecule has 2 N–H and O–H groups in total. The summed E-state index contributed by atoms with van der Waals surface area (Å²) in [6, 6.07) is 8.06. The van der Waals surface area contributed by atoms with Crippen molar-refractivity contribution in [2.75, 3.05) is 24.7 Å². The van der Waals surface area contributed by atoms with Gasteiger partial charge in [0.15, 0.2) is 9.84 Å². The second-order valence-corrected chi connectivity index (χ2v) is 7.45. The van der Waals surface area contributed by atoms with Crippen LogP contribution in [-0.2, 0) is 9.84 Å². The Kier molecular flexibility index (Phi) is 4.97. The molecule has 0 spiro atoms. The average molecular weight is 313 g/mol. The van der Waals surface area contributed by atoms with E-state index in [1.165, 1.54) is 4.90 Å². The predicted octanol–water partition coefficient (Wildman–Crippen LogP) is -0.331. The Balaban J connectivity index is 2.22. The monoisotopic (exact) mass is 313 g/mol. The van der Waals surface area contributed by atoms with E-state index >= 15 is 0 Å². The molecule has 0 aliphatic carbocycles. The lowest BCUT2D eigenvalue weighted by Crippen LogP contribution is -2.46. The number of aliphatic hydroxyl groups is 2. The zero-order valence-corrected chi connectivity index (χ0v) is 12.4. The first-order chi connectivity index (χ1) is 9.93. The van der Waals surface area contributed by atoms with Crippen molar-refractivity contribution in [2.24, 2.45) is 0 Å². The van der Waals surface area contributed by atoms with E-state index in [9.17, 15) is 18.3 Å². The van der Waals surface area contributed by atoms with E-state index in [1.54, 1.807) is 30.3 Å². The van der Waals surface area contributed by atoms with Crippen molar-refractivity contribution in [3.8, 4) is 0 Å². The average Bonchev–Trinajstić information content (AvgIpc) is 2.84. The molecule has 1 aromatic rings. The van der Waals surface area contributed by atoms with Crippen molar-refractivity contribution in [2.45, 2.75) is 18.6 Å². The molecule has 2 atom stereocenters. The van der Waals surface area contributed by atoms with Gasteiger partial charge in [0, 0.05) is 18.2 Å². The Morgan fingerprint density at radius 1 is 1.33 bits per heavy atom. The largest absolute Gasteiger partial charge is 0.394 e. The molecular weight excluding hydrogens is 294 g/mol. The van der Waals surface area contributed by atoms with Gasteiger partial charge in [0.1, 0.15) is 0 Å². The highest BCUT2D eigenvalue weighted by molar-refractivity contribution is 7.91. The quantitative estimate of drug-likeness (QED) is 0.776. The fourth-order valence-corrected chi connectivity index (χ4v) is 4.18. The van der Waals surface area contributed by atoms with Crippen molar-refractivity contribution >= 4 is 15.7 Å². The molecular formula is C14H19NO5S. The molecule has 0 aromatic heterocycles. The first-order valence-corrected chi connectivity index (χ1v) is 8.60. The second kappa shape index (κ2) is 6.55. The minimum absolute atomic E-state index is 0.0471. The van der Waals surface area contributed by atoms with Crippen LogP contribution in [-0.4, -0.2) is 66.2 Å². The van der Waals surface area contributed by atoms with Crippen LogP contribution in [0.15, 0.2) is 30.3 Å². The summed E-state index contributed by atoms with van der Waals surface area (Å²) < 4.78 is 23.2. The molecule has 1 amide bonds. The Labute approximate surface area is 123 Å². The summed E-state index contributed by atoms with van der Waals surface area (Å²) in [4.78, 5) is 13.9. The lowest BCUT2D eigenvalue weighted by Gasteiger charge is -2.30. The van der Waals surface area contributed by atoms with Crippen LogP contribution in [0.25, 0.3) is 0 Å². The van der Waals surface area contributed by atoms with Crippen molar-refractivity contribution in [3.05, 3.63) is 35.9 Å². The van der Waals surface area contributed by atoms with Crippen LogP contribution in [0.4, 0.5) is 0 Å². The van der Waals surface area contributed by atoms with Gasteiger partial charge in [-0.15, -0.1) is 0 Å². The Morgan fingerprint density at radius 2 is 2.00 bits per heavy atom. The third-order valence-corrected chi connectivity index (χ3v) is 5.30. The molecule has 2 rings (SSSR count). The molecule has 1 aromatic carbocycles. The molecule has 0 radical (unpaired) electrons. The van der Waals surface area contributed by atoms with Gasteiger partial charge in [0.25, 0.3) is 5.91 Å². The number of carbonyl (C=O) groups is 1. The zero-order valence-electron chi connectivity index (χ0n) is 11.6. The minimum Gasteiger partial charge on any atom is -0.394 e. The normalized spacial score (nSPS) is 21.9. The number of sulfone groups is 1. The van der Waals surface area contributed by atoms with Crippen LogP contribution in [0.2, 0.25) is 0 Å². The number of hydrogen-bond donors (Lipinski definition) is 2. The fraction of sp³-hybridized carbons (Fsp3) is 0.500. The SMILES string of the molecule is O=C(c1ccccc1)N(C[C@H](O)CO)[C@@H]1CCS(=O)(=O)C1. The highest BCUT2D eigenvalue weighted by Gasteiger charge is 2.35. The van der Waals surface area contributed by atoms with Crippen LogP contribution >= 0.6 is 0 Å². The lowest BCUT2D eigenvalue weighted by molar-refractivity contribution is 0.0375. The van der Waals surface area contributed by atoms with Crippen LogP contribution in [0, 0.1) is 0 Å². The van der Waals surface area contributed by atoms with Gasteiger partial charge in [0.2, 0.25) is 0 Å². The maximum Gasteiger partial charge on any atom is 0.254 e. The summed E-state index contributed by atoms with van der Waals surface area (Å²) in [5.41, 5.74) is 0.437. The Hall–Kier alpha value is -1.44. The summed E-state index contributed by atoms with van der Waals surface area (Å²) in [6.45, 7) is -0.553. The van der Waals surface area contributed by atoms with E-state index in [4.69, 9.17) is 5.11 Å². The predicted molar refractivity (Wildman–Crippen MR) is 77.6 cm³/mol. The highest BCUT2D eigenvalue weighted by Crippen LogP contribution is 2.20. The van der Waals surface area contributed by atoms with E-state index in [1.807, 2.05) is 0 Å². The summed E-state index contributed by atoms with van der Waals surface area (Å²) in [6.07, 6.45) is -0.722. The molecule has 1 fully saturated rings. The van der Waals surface area contributed by atoms with Crippen molar-refractivity contribution < 1.29 is 23.4 Å². The molecule has 0 saturated carbocycles. The molecule has 1 aliphatic heterocycles. The molecule has 7 heteroatoms. The summed E-state index contributed by atoms with van der Waals surface area (Å²) in [5.74, 6) is -0.375. The number of hydrogen-bond acceptors (Lipinski definition) is 5. The Morgan fingerprint density at radius 3 is 2.52 bits per heavy atom. The third kappa shape index (κ3) is 4.03. The van der Waals surface area contributed by atoms with Gasteiger partial charge < -0.3 is 15.1 Å². The fourth-order valence-electron chi connectivity index (χ4n) is 2.45. The Bertz CT molecular complexity index is 587.